The summed E-state index contributed by atoms with van der Waals surface area (Å²) in [5.74, 6) is 0. The maximum atomic E-state index is 8.78. The Balaban J connectivity index is 2.35. The molecule has 0 saturated carbocycles. The first-order valence-electron chi connectivity index (χ1n) is 4.76. The van der Waals surface area contributed by atoms with Gasteiger partial charge in [0.05, 0.1) is 22.3 Å². The summed E-state index contributed by atoms with van der Waals surface area (Å²) in [4.78, 5) is 2.24. The van der Waals surface area contributed by atoms with Crippen molar-refractivity contribution in [1.29, 1.82) is 5.26 Å². The second kappa shape index (κ2) is 3.89. The standard InChI is InChI=1S/C11H11ClN2/c12-10-4-3-9(8-13)7-11(10)14-5-1-2-6-14/h3-4,7H,1-2,5-6H2. The largest absolute Gasteiger partial charge is 0.370 e. The minimum absolute atomic E-state index is 0.677. The smallest absolute Gasteiger partial charge is 0.0992 e. The fraction of sp³-hybridized carbons (Fsp3) is 0.364. The molecule has 1 aliphatic rings. The molecule has 0 radical (unpaired) electrons. The maximum Gasteiger partial charge on any atom is 0.0992 e. The van der Waals surface area contributed by atoms with Crippen molar-refractivity contribution in [2.45, 2.75) is 12.8 Å². The lowest BCUT2D eigenvalue weighted by Crippen LogP contribution is -2.17. The van der Waals surface area contributed by atoms with Crippen LogP contribution in [0.4, 0.5) is 5.69 Å². The lowest BCUT2D eigenvalue weighted by atomic mass is 10.2. The van der Waals surface area contributed by atoms with Crippen molar-refractivity contribution in [3.63, 3.8) is 0 Å². The molecule has 1 aromatic rings. The fourth-order valence-electron chi connectivity index (χ4n) is 1.78. The van der Waals surface area contributed by atoms with Crippen LogP contribution < -0.4 is 4.90 Å². The molecule has 1 aliphatic heterocycles. The Bertz CT molecular complexity index is 375. The SMILES string of the molecule is N#Cc1ccc(Cl)c(N2CCCC2)c1. The topological polar surface area (TPSA) is 27.0 Å². The molecule has 0 aromatic heterocycles. The van der Waals surface area contributed by atoms with Gasteiger partial charge in [-0.2, -0.15) is 5.26 Å². The molecule has 1 aromatic carbocycles. The Labute approximate surface area is 88.7 Å². The molecule has 2 rings (SSSR count). The number of rotatable bonds is 1. The number of benzene rings is 1. The molecule has 0 N–H and O–H groups in total. The van der Waals surface area contributed by atoms with Gasteiger partial charge in [-0.3, -0.25) is 0 Å². The number of nitriles is 1. The lowest BCUT2D eigenvalue weighted by Gasteiger charge is -2.18. The molecule has 0 bridgehead atoms. The Morgan fingerprint density at radius 3 is 2.64 bits per heavy atom. The summed E-state index contributed by atoms with van der Waals surface area (Å²) in [5, 5.41) is 9.53. The summed E-state index contributed by atoms with van der Waals surface area (Å²) in [6, 6.07) is 7.55. The predicted octanol–water partition coefficient (Wildman–Crippen LogP) is 2.81. The molecule has 1 fully saturated rings. The van der Waals surface area contributed by atoms with Crippen LogP contribution in [0, 0.1) is 11.3 Å². The first-order valence-corrected chi connectivity index (χ1v) is 5.13. The van der Waals surface area contributed by atoms with E-state index >= 15 is 0 Å². The Morgan fingerprint density at radius 1 is 1.29 bits per heavy atom. The van der Waals surface area contributed by atoms with Crippen molar-refractivity contribution in [3.8, 4) is 6.07 Å². The van der Waals surface area contributed by atoms with E-state index in [0.717, 1.165) is 23.8 Å². The number of hydrogen-bond acceptors (Lipinski definition) is 2. The molecule has 14 heavy (non-hydrogen) atoms. The van der Waals surface area contributed by atoms with Gasteiger partial charge >= 0.3 is 0 Å². The molecule has 0 unspecified atom stereocenters. The summed E-state index contributed by atoms with van der Waals surface area (Å²) in [7, 11) is 0. The van der Waals surface area contributed by atoms with Crippen LogP contribution >= 0.6 is 11.6 Å². The molecule has 3 heteroatoms. The van der Waals surface area contributed by atoms with Crippen LogP contribution in [0.2, 0.25) is 5.02 Å². The van der Waals surface area contributed by atoms with Crippen LogP contribution in [0.15, 0.2) is 18.2 Å². The highest BCUT2D eigenvalue weighted by Gasteiger charge is 2.15. The number of hydrogen-bond donors (Lipinski definition) is 0. The molecule has 1 heterocycles. The third kappa shape index (κ3) is 1.69. The summed E-state index contributed by atoms with van der Waals surface area (Å²) < 4.78 is 0. The number of halogens is 1. The third-order valence-corrected chi connectivity index (χ3v) is 2.84. The average Bonchev–Trinajstić information content (AvgIpc) is 2.71. The van der Waals surface area contributed by atoms with E-state index in [2.05, 4.69) is 11.0 Å². The maximum absolute atomic E-state index is 8.78. The van der Waals surface area contributed by atoms with E-state index in [1.54, 1.807) is 12.1 Å². The molecule has 2 nitrogen and oxygen atoms in total. The van der Waals surface area contributed by atoms with Crippen LogP contribution in [-0.4, -0.2) is 13.1 Å². The van der Waals surface area contributed by atoms with E-state index in [9.17, 15) is 0 Å². The van der Waals surface area contributed by atoms with Crippen molar-refractivity contribution in [1.82, 2.24) is 0 Å². The van der Waals surface area contributed by atoms with Crippen molar-refractivity contribution in [2.24, 2.45) is 0 Å². The lowest BCUT2D eigenvalue weighted by molar-refractivity contribution is 0.949. The first kappa shape index (κ1) is 9.36. The van der Waals surface area contributed by atoms with Crippen LogP contribution in [0.1, 0.15) is 18.4 Å². The van der Waals surface area contributed by atoms with E-state index in [1.165, 1.54) is 12.8 Å². The second-order valence-electron chi connectivity index (χ2n) is 3.47. The molecular weight excluding hydrogens is 196 g/mol. The summed E-state index contributed by atoms with van der Waals surface area (Å²) >= 11 is 6.08. The Morgan fingerprint density at radius 2 is 2.00 bits per heavy atom. The van der Waals surface area contributed by atoms with Crippen LogP contribution in [0.25, 0.3) is 0 Å². The number of anilines is 1. The van der Waals surface area contributed by atoms with Crippen molar-refractivity contribution in [2.75, 3.05) is 18.0 Å². The van der Waals surface area contributed by atoms with Gasteiger partial charge < -0.3 is 4.90 Å². The molecule has 0 amide bonds. The van der Waals surface area contributed by atoms with Crippen LogP contribution in [0.3, 0.4) is 0 Å². The second-order valence-corrected chi connectivity index (χ2v) is 3.88. The zero-order valence-corrected chi connectivity index (χ0v) is 8.59. The highest BCUT2D eigenvalue weighted by molar-refractivity contribution is 6.33. The monoisotopic (exact) mass is 206 g/mol. The molecule has 0 spiro atoms. The van der Waals surface area contributed by atoms with Crippen LogP contribution in [0.5, 0.6) is 0 Å². The summed E-state index contributed by atoms with van der Waals surface area (Å²) in [6.07, 6.45) is 2.43. The molecule has 0 aliphatic carbocycles. The van der Waals surface area contributed by atoms with E-state index < -0.39 is 0 Å². The summed E-state index contributed by atoms with van der Waals surface area (Å²) in [6.45, 7) is 2.10. The van der Waals surface area contributed by atoms with Crippen molar-refractivity contribution < 1.29 is 0 Å². The van der Waals surface area contributed by atoms with Gasteiger partial charge in [-0.05, 0) is 31.0 Å². The van der Waals surface area contributed by atoms with E-state index in [0.29, 0.717) is 5.56 Å². The van der Waals surface area contributed by atoms with Gasteiger partial charge in [-0.15, -0.1) is 0 Å². The van der Waals surface area contributed by atoms with E-state index in [1.807, 2.05) is 6.07 Å². The molecule has 72 valence electrons. The number of nitrogens with zero attached hydrogens (tertiary/aromatic N) is 2. The normalized spacial score (nSPS) is 15.6. The minimum atomic E-state index is 0.677. The van der Waals surface area contributed by atoms with Crippen molar-refractivity contribution in [3.05, 3.63) is 28.8 Å². The highest BCUT2D eigenvalue weighted by atomic mass is 35.5. The first-order chi connectivity index (χ1) is 6.81. The quantitative estimate of drug-likeness (QED) is 0.707. The molecule has 1 saturated heterocycles. The molecular formula is C11H11ClN2. The van der Waals surface area contributed by atoms with E-state index in [4.69, 9.17) is 16.9 Å². The minimum Gasteiger partial charge on any atom is -0.370 e. The van der Waals surface area contributed by atoms with Gasteiger partial charge in [0.25, 0.3) is 0 Å². The zero-order chi connectivity index (χ0) is 9.97. The van der Waals surface area contributed by atoms with Gasteiger partial charge in [-0.1, -0.05) is 11.6 Å². The fourth-order valence-corrected chi connectivity index (χ4v) is 2.02. The third-order valence-electron chi connectivity index (χ3n) is 2.52. The van der Waals surface area contributed by atoms with E-state index in [-0.39, 0.29) is 0 Å². The Hall–Kier alpha value is -1.20. The van der Waals surface area contributed by atoms with Gasteiger partial charge in [0.1, 0.15) is 0 Å². The van der Waals surface area contributed by atoms with Gasteiger partial charge in [0, 0.05) is 13.1 Å². The molecule has 0 atom stereocenters. The Kier molecular flexibility index (Phi) is 2.60. The summed E-state index contributed by atoms with van der Waals surface area (Å²) in [5.41, 5.74) is 1.68. The average molecular weight is 207 g/mol. The van der Waals surface area contributed by atoms with Crippen LogP contribution in [-0.2, 0) is 0 Å². The van der Waals surface area contributed by atoms with Gasteiger partial charge in [0.15, 0.2) is 0 Å². The van der Waals surface area contributed by atoms with Gasteiger partial charge in [0.2, 0.25) is 0 Å². The zero-order valence-electron chi connectivity index (χ0n) is 7.83. The van der Waals surface area contributed by atoms with Gasteiger partial charge in [-0.25, -0.2) is 0 Å². The predicted molar refractivity (Wildman–Crippen MR) is 57.6 cm³/mol. The highest BCUT2D eigenvalue weighted by Crippen LogP contribution is 2.29. The van der Waals surface area contributed by atoms with Crippen molar-refractivity contribution >= 4 is 17.3 Å².